The second kappa shape index (κ2) is 16.9. The first-order valence-corrected chi connectivity index (χ1v) is 15.6. The number of carboxylic acid groups (broad SMARTS) is 1. The number of rotatable bonds is 15. The summed E-state index contributed by atoms with van der Waals surface area (Å²) < 4.78 is 12.8. The van der Waals surface area contributed by atoms with Gasteiger partial charge in [0.25, 0.3) is 0 Å². The van der Waals surface area contributed by atoms with Gasteiger partial charge in [0, 0.05) is 42.0 Å². The zero-order chi connectivity index (χ0) is 31.3. The number of unbranched alkanes of at least 4 members (excludes halogenated alkanes) is 2. The van der Waals surface area contributed by atoms with Crippen molar-refractivity contribution < 1.29 is 39.3 Å². The van der Waals surface area contributed by atoms with Gasteiger partial charge in [-0.1, -0.05) is 55.0 Å². The van der Waals surface area contributed by atoms with Gasteiger partial charge in [0.05, 0.1) is 24.4 Å². The molecule has 44 heavy (non-hydrogen) atoms. The number of amides is 2. The van der Waals surface area contributed by atoms with Gasteiger partial charge >= 0.3 is 5.97 Å². The Labute approximate surface area is 260 Å². The van der Waals surface area contributed by atoms with E-state index in [1.165, 1.54) is 0 Å². The van der Waals surface area contributed by atoms with Crippen LogP contribution in [0.25, 0.3) is 0 Å². The van der Waals surface area contributed by atoms with Crippen LogP contribution in [0.1, 0.15) is 83.5 Å². The zero-order valence-corrected chi connectivity index (χ0v) is 25.1. The van der Waals surface area contributed by atoms with Gasteiger partial charge in [-0.15, -0.1) is 11.8 Å². The lowest BCUT2D eigenvalue weighted by Crippen LogP contribution is -2.31. The zero-order valence-electron chi connectivity index (χ0n) is 24.3. The van der Waals surface area contributed by atoms with Gasteiger partial charge < -0.3 is 25.0 Å². The molecule has 0 spiro atoms. The molecular formula is C33H38N2O8S. The van der Waals surface area contributed by atoms with E-state index in [0.29, 0.717) is 38.0 Å². The molecule has 1 saturated heterocycles. The molecule has 0 aromatic heterocycles. The van der Waals surface area contributed by atoms with E-state index < -0.39 is 18.2 Å². The monoisotopic (exact) mass is 622 g/mol. The number of nitrogens with one attached hydrogen (secondary N) is 2. The number of aromatic carboxylic acids is 1. The van der Waals surface area contributed by atoms with E-state index in [4.69, 9.17) is 19.8 Å². The summed E-state index contributed by atoms with van der Waals surface area (Å²) in [7, 11) is 0. The number of carboxylic acids is 1. The van der Waals surface area contributed by atoms with E-state index in [0.717, 1.165) is 33.6 Å². The van der Waals surface area contributed by atoms with Crippen LogP contribution in [-0.2, 0) is 32.2 Å². The van der Waals surface area contributed by atoms with E-state index in [9.17, 15) is 19.5 Å². The lowest BCUT2D eigenvalue weighted by Gasteiger charge is -2.36. The van der Waals surface area contributed by atoms with Crippen LogP contribution in [0.15, 0.2) is 77.7 Å². The molecule has 234 valence electrons. The summed E-state index contributed by atoms with van der Waals surface area (Å²) in [6.07, 6.45) is 2.26. The molecule has 3 aromatic carbocycles. The Balaban J connectivity index is 1.34. The maximum Gasteiger partial charge on any atom is 0.335 e. The fourth-order valence-electron chi connectivity index (χ4n) is 4.79. The molecule has 4 rings (SSSR count). The quantitative estimate of drug-likeness (QED) is 0.0659. The second-order valence-corrected chi connectivity index (χ2v) is 11.7. The molecule has 11 heteroatoms. The predicted octanol–water partition coefficient (Wildman–Crippen LogP) is 5.29. The number of hydrogen-bond acceptors (Lipinski definition) is 8. The third-order valence-electron chi connectivity index (χ3n) is 7.33. The molecule has 0 saturated carbocycles. The Morgan fingerprint density at radius 1 is 0.795 bits per heavy atom. The maximum absolute atomic E-state index is 12.2. The fourth-order valence-corrected chi connectivity index (χ4v) is 5.71. The van der Waals surface area contributed by atoms with Gasteiger partial charge in [-0.25, -0.2) is 10.3 Å². The highest BCUT2D eigenvalue weighted by Crippen LogP contribution is 2.39. The molecule has 3 atom stereocenters. The predicted molar refractivity (Wildman–Crippen MR) is 164 cm³/mol. The van der Waals surface area contributed by atoms with Crippen LogP contribution in [0.5, 0.6) is 0 Å². The minimum absolute atomic E-state index is 0.0320. The van der Waals surface area contributed by atoms with Gasteiger partial charge in [0.2, 0.25) is 11.8 Å². The number of hydrogen-bond donors (Lipinski definition) is 5. The van der Waals surface area contributed by atoms with Gasteiger partial charge in [0.15, 0.2) is 6.29 Å². The normalized spacial score (nSPS) is 18.0. The summed E-state index contributed by atoms with van der Waals surface area (Å²) in [6.45, 7) is 0.355. The molecule has 3 aromatic rings. The lowest BCUT2D eigenvalue weighted by molar-refractivity contribution is -0.245. The van der Waals surface area contributed by atoms with Gasteiger partial charge in [0.1, 0.15) is 0 Å². The summed E-state index contributed by atoms with van der Waals surface area (Å²) in [5.74, 6) is -0.795. The summed E-state index contributed by atoms with van der Waals surface area (Å²) in [5.41, 5.74) is 5.45. The van der Waals surface area contributed by atoms with Crippen molar-refractivity contribution >= 4 is 29.5 Å². The molecule has 0 radical (unpaired) electrons. The number of thioether (sulfide) groups is 1. The van der Waals surface area contributed by atoms with Crippen LogP contribution in [-0.4, -0.2) is 45.1 Å². The highest BCUT2D eigenvalue weighted by Gasteiger charge is 2.32. The molecule has 1 aliphatic heterocycles. The topological polar surface area (TPSA) is 154 Å². The highest BCUT2D eigenvalue weighted by molar-refractivity contribution is 7.99. The fraction of sp³-hybridized carbons (Fsp3) is 0.364. The molecule has 5 N–H and O–H groups in total. The van der Waals surface area contributed by atoms with Gasteiger partial charge in [-0.3, -0.25) is 14.8 Å². The van der Waals surface area contributed by atoms with Crippen molar-refractivity contribution in [3.05, 3.63) is 101 Å². The van der Waals surface area contributed by atoms with Crippen molar-refractivity contribution in [1.82, 2.24) is 10.8 Å². The number of carbonyl (C=O) groups is 3. The Hall–Kier alpha value is -3.74. The largest absolute Gasteiger partial charge is 0.478 e. The van der Waals surface area contributed by atoms with Crippen molar-refractivity contribution in [2.75, 3.05) is 5.75 Å². The Morgan fingerprint density at radius 2 is 1.43 bits per heavy atom. The van der Waals surface area contributed by atoms with Crippen LogP contribution < -0.4 is 10.8 Å². The second-order valence-electron chi connectivity index (χ2n) is 10.6. The summed E-state index contributed by atoms with van der Waals surface area (Å²) >= 11 is 1.60. The SMILES string of the molecule is O=C(CCCCCC(=O)NCc1ccc([C@@H]2O[C@H](CSc3ccc(C(=O)O)cc3)C[C@H](c3ccc(CO)cc3)O2)cc1)NO. The molecule has 1 aliphatic rings. The van der Waals surface area contributed by atoms with Crippen molar-refractivity contribution in [1.29, 1.82) is 0 Å². The summed E-state index contributed by atoms with van der Waals surface area (Å²) in [5, 5.41) is 30.0. The van der Waals surface area contributed by atoms with Crippen LogP contribution in [0.4, 0.5) is 0 Å². The standard InChI is InChI=1S/C33H38N2O8S/c36-20-23-8-10-24(11-9-23)29-18-27(21-44-28-16-14-25(15-17-28)32(39)40)42-33(43-29)26-12-6-22(7-13-26)19-34-30(37)4-2-1-3-5-31(38)35-41/h6-17,27,29,33,36,41H,1-5,18-21H2,(H,34,37)(H,35,38)(H,39,40)/t27-,29+,33+/m0/s1. The summed E-state index contributed by atoms with van der Waals surface area (Å²) in [6, 6.07) is 22.2. The minimum Gasteiger partial charge on any atom is -0.478 e. The molecule has 0 bridgehead atoms. The van der Waals surface area contributed by atoms with E-state index in [-0.39, 0.29) is 36.7 Å². The molecule has 2 amide bonds. The molecule has 1 heterocycles. The first-order valence-electron chi connectivity index (χ1n) is 14.6. The molecule has 1 fully saturated rings. The Morgan fingerprint density at radius 3 is 2.07 bits per heavy atom. The van der Waals surface area contributed by atoms with E-state index in [1.807, 2.05) is 48.5 Å². The first kappa shape index (κ1) is 33.2. The number of benzene rings is 3. The Kier molecular flexibility index (Phi) is 12.8. The Bertz CT molecular complexity index is 1370. The first-order chi connectivity index (χ1) is 21.3. The third-order valence-corrected chi connectivity index (χ3v) is 8.47. The van der Waals surface area contributed by atoms with E-state index in [2.05, 4.69) is 5.32 Å². The average molecular weight is 623 g/mol. The molecule has 10 nitrogen and oxygen atoms in total. The summed E-state index contributed by atoms with van der Waals surface area (Å²) in [4.78, 5) is 35.4. The smallest absolute Gasteiger partial charge is 0.335 e. The molecule has 0 unspecified atom stereocenters. The highest BCUT2D eigenvalue weighted by atomic mass is 32.2. The number of carbonyl (C=O) groups excluding carboxylic acids is 2. The maximum atomic E-state index is 12.2. The number of aliphatic hydroxyl groups is 1. The van der Waals surface area contributed by atoms with Gasteiger partial charge in [-0.2, -0.15) is 0 Å². The average Bonchev–Trinajstić information content (AvgIpc) is 3.06. The van der Waals surface area contributed by atoms with Crippen LogP contribution in [0.3, 0.4) is 0 Å². The van der Waals surface area contributed by atoms with Crippen molar-refractivity contribution in [2.24, 2.45) is 0 Å². The minimum atomic E-state index is -0.959. The number of aliphatic hydroxyl groups excluding tert-OH is 1. The van der Waals surface area contributed by atoms with Crippen LogP contribution in [0.2, 0.25) is 0 Å². The van der Waals surface area contributed by atoms with Crippen molar-refractivity contribution in [3.8, 4) is 0 Å². The van der Waals surface area contributed by atoms with Gasteiger partial charge in [-0.05, 0) is 53.8 Å². The lowest BCUT2D eigenvalue weighted by atomic mass is 10.0. The van der Waals surface area contributed by atoms with E-state index >= 15 is 0 Å². The number of hydroxylamine groups is 1. The molecule has 0 aliphatic carbocycles. The van der Waals surface area contributed by atoms with Crippen LogP contribution in [0, 0.1) is 0 Å². The van der Waals surface area contributed by atoms with E-state index in [1.54, 1.807) is 41.5 Å². The van der Waals surface area contributed by atoms with Crippen molar-refractivity contribution in [2.45, 2.75) is 75.1 Å². The molecular weight excluding hydrogens is 584 g/mol. The van der Waals surface area contributed by atoms with Crippen LogP contribution >= 0.6 is 11.8 Å². The number of ether oxygens (including phenoxy) is 2. The third kappa shape index (κ3) is 10.2. The van der Waals surface area contributed by atoms with Crippen molar-refractivity contribution in [3.63, 3.8) is 0 Å².